The number of nitrogens with one attached hydrogen (secondary N) is 1. The Labute approximate surface area is 111 Å². The zero-order chi connectivity index (χ0) is 14.5. The average Bonchev–Trinajstić information content (AvgIpc) is 2.44. The second-order valence-electron chi connectivity index (χ2n) is 3.58. The third kappa shape index (κ3) is 3.22. The highest BCUT2D eigenvalue weighted by Crippen LogP contribution is 2.14. The van der Waals surface area contributed by atoms with Crippen molar-refractivity contribution in [2.45, 2.75) is 0 Å². The maximum atomic E-state index is 13.0. The molecule has 1 aromatic heterocycles. The molecule has 1 heterocycles. The van der Waals surface area contributed by atoms with Crippen LogP contribution in [0.1, 0.15) is 10.5 Å². The van der Waals surface area contributed by atoms with Gasteiger partial charge in [0.1, 0.15) is 5.69 Å². The Morgan fingerprint density at radius 3 is 2.60 bits per heavy atom. The van der Waals surface area contributed by atoms with Crippen molar-refractivity contribution < 1.29 is 22.7 Å². The lowest BCUT2D eigenvalue weighted by molar-refractivity contribution is 0.102. The van der Waals surface area contributed by atoms with E-state index in [-0.39, 0.29) is 17.3 Å². The summed E-state index contributed by atoms with van der Waals surface area (Å²) in [6, 6.07) is 2.92. The first-order valence-corrected chi connectivity index (χ1v) is 5.37. The molecule has 0 aliphatic rings. The van der Waals surface area contributed by atoms with Crippen molar-refractivity contribution in [3.05, 3.63) is 47.9 Å². The number of hydrogen-bond acceptors (Lipinski definition) is 4. The monoisotopic (exact) mass is 283 g/mol. The molecule has 0 aliphatic carbocycles. The summed E-state index contributed by atoms with van der Waals surface area (Å²) in [4.78, 5) is 19.1. The summed E-state index contributed by atoms with van der Waals surface area (Å²) >= 11 is 0. The highest BCUT2D eigenvalue weighted by molar-refractivity contribution is 6.02. The van der Waals surface area contributed by atoms with Gasteiger partial charge in [-0.3, -0.25) is 4.79 Å². The van der Waals surface area contributed by atoms with E-state index in [0.29, 0.717) is 0 Å². The molecule has 0 spiro atoms. The average molecular weight is 283 g/mol. The van der Waals surface area contributed by atoms with Crippen molar-refractivity contribution in [3.8, 4) is 5.88 Å². The minimum atomic E-state index is -1.08. The molecular formula is C12H8F3N3O2. The third-order valence-corrected chi connectivity index (χ3v) is 2.24. The van der Waals surface area contributed by atoms with Crippen LogP contribution in [0.3, 0.4) is 0 Å². The van der Waals surface area contributed by atoms with Crippen molar-refractivity contribution in [1.29, 1.82) is 0 Å². The second-order valence-corrected chi connectivity index (χ2v) is 3.58. The highest BCUT2D eigenvalue weighted by atomic mass is 19.2. The molecule has 0 saturated heterocycles. The van der Waals surface area contributed by atoms with E-state index in [1.807, 2.05) is 0 Å². The van der Waals surface area contributed by atoms with E-state index < -0.39 is 24.4 Å². The lowest BCUT2D eigenvalue weighted by Gasteiger charge is -2.05. The van der Waals surface area contributed by atoms with Crippen molar-refractivity contribution in [3.63, 3.8) is 0 Å². The normalized spacial score (nSPS) is 10.2. The topological polar surface area (TPSA) is 64.1 Å². The number of halogens is 3. The molecule has 0 unspecified atom stereocenters. The quantitative estimate of drug-likeness (QED) is 0.935. The number of carbonyl (C=O) groups is 1. The SMILES string of the molecule is O=C(Nc1ccc(F)c(F)c1)c1cnc(OCF)cn1. The van der Waals surface area contributed by atoms with Gasteiger partial charge in [-0.05, 0) is 12.1 Å². The van der Waals surface area contributed by atoms with Crippen LogP contribution >= 0.6 is 0 Å². The van der Waals surface area contributed by atoms with Gasteiger partial charge in [-0.2, -0.15) is 0 Å². The Kier molecular flexibility index (Phi) is 4.14. The van der Waals surface area contributed by atoms with Gasteiger partial charge in [0.2, 0.25) is 12.7 Å². The molecule has 0 aliphatic heterocycles. The lowest BCUT2D eigenvalue weighted by Crippen LogP contribution is -2.14. The number of nitrogens with zero attached hydrogens (tertiary/aromatic N) is 2. The zero-order valence-electron chi connectivity index (χ0n) is 9.94. The first kappa shape index (κ1) is 13.8. The first-order valence-electron chi connectivity index (χ1n) is 5.37. The largest absolute Gasteiger partial charge is 0.445 e. The third-order valence-electron chi connectivity index (χ3n) is 2.24. The van der Waals surface area contributed by atoms with Crippen LogP contribution in [0, 0.1) is 11.6 Å². The van der Waals surface area contributed by atoms with Crippen LogP contribution in [-0.2, 0) is 0 Å². The van der Waals surface area contributed by atoms with Crippen LogP contribution in [0.25, 0.3) is 0 Å². The van der Waals surface area contributed by atoms with Gasteiger partial charge in [0.05, 0.1) is 12.4 Å². The van der Waals surface area contributed by atoms with Crippen molar-refractivity contribution in [1.82, 2.24) is 9.97 Å². The number of hydrogen-bond donors (Lipinski definition) is 1. The number of amides is 1. The van der Waals surface area contributed by atoms with Gasteiger partial charge in [0, 0.05) is 11.8 Å². The molecule has 5 nitrogen and oxygen atoms in total. The van der Waals surface area contributed by atoms with Gasteiger partial charge < -0.3 is 10.1 Å². The van der Waals surface area contributed by atoms with Crippen LogP contribution in [0.15, 0.2) is 30.6 Å². The predicted molar refractivity (Wildman–Crippen MR) is 62.9 cm³/mol. The number of anilines is 1. The summed E-state index contributed by atoms with van der Waals surface area (Å²) in [5.74, 6) is -2.84. The molecule has 1 N–H and O–H groups in total. The molecule has 0 bridgehead atoms. The predicted octanol–water partition coefficient (Wildman–Crippen LogP) is 2.31. The Bertz CT molecular complexity index is 620. The number of aromatic nitrogens is 2. The van der Waals surface area contributed by atoms with Gasteiger partial charge in [-0.1, -0.05) is 0 Å². The number of carbonyl (C=O) groups excluding carboxylic acids is 1. The van der Waals surface area contributed by atoms with Gasteiger partial charge in [-0.25, -0.2) is 23.1 Å². The summed E-state index contributed by atoms with van der Waals surface area (Å²) < 4.78 is 42.0. The summed E-state index contributed by atoms with van der Waals surface area (Å²) in [6.45, 7) is -1.06. The minimum absolute atomic E-state index is 0.0692. The molecule has 1 amide bonds. The molecule has 0 atom stereocenters. The van der Waals surface area contributed by atoms with E-state index in [9.17, 15) is 18.0 Å². The lowest BCUT2D eigenvalue weighted by atomic mass is 10.3. The maximum absolute atomic E-state index is 13.0. The fourth-order valence-corrected chi connectivity index (χ4v) is 1.33. The Morgan fingerprint density at radius 1 is 1.20 bits per heavy atom. The van der Waals surface area contributed by atoms with Gasteiger partial charge in [0.15, 0.2) is 11.6 Å². The molecule has 2 rings (SSSR count). The summed E-state index contributed by atoms with van der Waals surface area (Å²) in [6.07, 6.45) is 2.14. The van der Waals surface area contributed by atoms with Gasteiger partial charge in [0.25, 0.3) is 5.91 Å². The fraction of sp³-hybridized carbons (Fsp3) is 0.0833. The van der Waals surface area contributed by atoms with E-state index in [2.05, 4.69) is 20.0 Å². The minimum Gasteiger partial charge on any atom is -0.445 e. The highest BCUT2D eigenvalue weighted by Gasteiger charge is 2.10. The summed E-state index contributed by atoms with van der Waals surface area (Å²) in [5.41, 5.74) is -0.0132. The summed E-state index contributed by atoms with van der Waals surface area (Å²) in [5, 5.41) is 2.31. The Morgan fingerprint density at radius 2 is 2.00 bits per heavy atom. The number of benzene rings is 1. The van der Waals surface area contributed by atoms with Gasteiger partial charge in [-0.15, -0.1) is 0 Å². The molecule has 2 aromatic rings. The number of alkyl halides is 1. The van der Waals surface area contributed by atoms with Crippen LogP contribution in [0.4, 0.5) is 18.9 Å². The molecule has 20 heavy (non-hydrogen) atoms. The number of ether oxygens (including phenoxy) is 1. The van der Waals surface area contributed by atoms with Crippen LogP contribution < -0.4 is 10.1 Å². The van der Waals surface area contributed by atoms with Crippen LogP contribution in [-0.4, -0.2) is 22.7 Å². The van der Waals surface area contributed by atoms with Gasteiger partial charge >= 0.3 is 0 Å². The van der Waals surface area contributed by atoms with Crippen LogP contribution in [0.2, 0.25) is 0 Å². The fourth-order valence-electron chi connectivity index (χ4n) is 1.33. The Hall–Kier alpha value is -2.64. The molecular weight excluding hydrogens is 275 g/mol. The van der Waals surface area contributed by atoms with Crippen molar-refractivity contribution in [2.24, 2.45) is 0 Å². The van der Waals surface area contributed by atoms with Crippen LogP contribution in [0.5, 0.6) is 5.88 Å². The summed E-state index contributed by atoms with van der Waals surface area (Å²) in [7, 11) is 0. The maximum Gasteiger partial charge on any atom is 0.275 e. The standard InChI is InChI=1S/C12H8F3N3O2/c13-6-20-11-5-16-10(4-17-11)12(19)18-7-1-2-8(14)9(15)3-7/h1-5H,6H2,(H,18,19). The molecule has 104 valence electrons. The molecule has 0 fully saturated rings. The van der Waals surface area contributed by atoms with E-state index >= 15 is 0 Å². The second kappa shape index (κ2) is 6.00. The smallest absolute Gasteiger partial charge is 0.275 e. The first-order chi connectivity index (χ1) is 9.60. The van der Waals surface area contributed by atoms with E-state index in [4.69, 9.17) is 0 Å². The van der Waals surface area contributed by atoms with E-state index in [1.54, 1.807) is 0 Å². The Balaban J connectivity index is 2.09. The van der Waals surface area contributed by atoms with Crippen molar-refractivity contribution >= 4 is 11.6 Å². The zero-order valence-corrected chi connectivity index (χ0v) is 9.94. The molecule has 0 radical (unpaired) electrons. The van der Waals surface area contributed by atoms with Crippen molar-refractivity contribution in [2.75, 3.05) is 12.2 Å². The molecule has 1 aromatic carbocycles. The molecule has 0 saturated carbocycles. The number of rotatable bonds is 4. The van der Waals surface area contributed by atoms with E-state index in [1.165, 1.54) is 6.07 Å². The molecule has 8 heteroatoms. The van der Waals surface area contributed by atoms with E-state index in [0.717, 1.165) is 24.5 Å².